The molecular formula is C18H29IN4O2. The van der Waals surface area contributed by atoms with Crippen LogP contribution in [-0.2, 0) is 9.53 Å². The molecule has 6 nitrogen and oxygen atoms in total. The molecule has 2 rings (SSSR count). The zero-order chi connectivity index (χ0) is 17.2. The van der Waals surface area contributed by atoms with Gasteiger partial charge < -0.3 is 20.7 Å². The van der Waals surface area contributed by atoms with Gasteiger partial charge in [-0.25, -0.2) is 0 Å². The largest absolute Gasteiger partial charge is 0.378 e. The number of nitrogens with two attached hydrogens (primary N) is 1. The maximum Gasteiger partial charge on any atom is 0.232 e. The van der Waals surface area contributed by atoms with E-state index in [9.17, 15) is 4.79 Å². The number of nitrogens with zero attached hydrogens (tertiary/aromatic N) is 2. The molecule has 0 radical (unpaired) electrons. The lowest BCUT2D eigenvalue weighted by atomic mass is 9.97. The van der Waals surface area contributed by atoms with Crippen molar-refractivity contribution in [2.45, 2.75) is 25.7 Å². The normalized spacial score (nSPS) is 16.0. The molecular weight excluding hydrogens is 431 g/mol. The van der Waals surface area contributed by atoms with Gasteiger partial charge in [-0.1, -0.05) is 43.7 Å². The molecule has 0 spiro atoms. The number of nitrogens with one attached hydrogen (secondary N) is 1. The second-order valence-corrected chi connectivity index (χ2v) is 5.91. The molecule has 25 heavy (non-hydrogen) atoms. The van der Waals surface area contributed by atoms with E-state index in [1.54, 1.807) is 0 Å². The summed E-state index contributed by atoms with van der Waals surface area (Å²) >= 11 is 0. The number of benzene rings is 1. The van der Waals surface area contributed by atoms with Crippen LogP contribution in [0.5, 0.6) is 0 Å². The Bertz CT molecular complexity index is 533. The summed E-state index contributed by atoms with van der Waals surface area (Å²) < 4.78 is 5.34. The van der Waals surface area contributed by atoms with Gasteiger partial charge in [0, 0.05) is 19.6 Å². The summed E-state index contributed by atoms with van der Waals surface area (Å²) in [5.41, 5.74) is 6.88. The number of halogens is 1. The molecule has 1 unspecified atom stereocenters. The fourth-order valence-electron chi connectivity index (χ4n) is 2.65. The molecule has 1 fully saturated rings. The molecule has 1 atom stereocenters. The minimum absolute atomic E-state index is 0. The first-order valence-electron chi connectivity index (χ1n) is 8.67. The Balaban J connectivity index is 0.00000312. The Kier molecular flexibility index (Phi) is 10.5. The predicted octanol–water partition coefficient (Wildman–Crippen LogP) is 1.95. The highest BCUT2D eigenvalue weighted by atomic mass is 127. The van der Waals surface area contributed by atoms with Gasteiger partial charge in [-0.05, 0) is 12.0 Å². The molecule has 140 valence electrons. The lowest BCUT2D eigenvalue weighted by molar-refractivity contribution is -0.136. The second-order valence-electron chi connectivity index (χ2n) is 5.91. The highest BCUT2D eigenvalue weighted by Crippen LogP contribution is 2.20. The number of hydrogen-bond donors (Lipinski definition) is 2. The minimum Gasteiger partial charge on any atom is -0.378 e. The highest BCUT2D eigenvalue weighted by Gasteiger charge is 2.27. The van der Waals surface area contributed by atoms with E-state index >= 15 is 0 Å². The number of unbranched alkanes of at least 4 members (excludes halogenated alkanes) is 1. The van der Waals surface area contributed by atoms with Crippen LogP contribution in [0.2, 0.25) is 0 Å². The van der Waals surface area contributed by atoms with Crippen molar-refractivity contribution in [2.24, 2.45) is 10.7 Å². The summed E-state index contributed by atoms with van der Waals surface area (Å²) in [6, 6.07) is 9.78. The second kappa shape index (κ2) is 12.1. The van der Waals surface area contributed by atoms with Crippen LogP contribution in [0, 0.1) is 0 Å². The average molecular weight is 460 g/mol. The molecule has 1 aromatic rings. The minimum atomic E-state index is -0.309. The van der Waals surface area contributed by atoms with E-state index in [1.807, 2.05) is 35.2 Å². The molecule has 0 aromatic heterocycles. The summed E-state index contributed by atoms with van der Waals surface area (Å²) in [7, 11) is 0. The average Bonchev–Trinajstić information content (AvgIpc) is 2.63. The number of morpholine rings is 1. The van der Waals surface area contributed by atoms with Crippen LogP contribution in [0.25, 0.3) is 0 Å². The Morgan fingerprint density at radius 2 is 2.00 bits per heavy atom. The van der Waals surface area contributed by atoms with Crippen LogP contribution < -0.4 is 11.1 Å². The third kappa shape index (κ3) is 7.19. The van der Waals surface area contributed by atoms with Crippen LogP contribution in [0.4, 0.5) is 0 Å². The molecule has 1 heterocycles. The first-order valence-corrected chi connectivity index (χ1v) is 8.67. The molecule has 0 bridgehead atoms. The van der Waals surface area contributed by atoms with Crippen molar-refractivity contribution >= 4 is 35.8 Å². The summed E-state index contributed by atoms with van der Waals surface area (Å²) in [6.07, 6.45) is 2.15. The first-order chi connectivity index (χ1) is 11.7. The molecule has 1 saturated heterocycles. The van der Waals surface area contributed by atoms with Gasteiger partial charge in [0.1, 0.15) is 0 Å². The van der Waals surface area contributed by atoms with Gasteiger partial charge in [0.05, 0.1) is 25.7 Å². The van der Waals surface area contributed by atoms with Crippen molar-refractivity contribution in [2.75, 3.05) is 39.4 Å². The molecule has 1 amide bonds. The fourth-order valence-corrected chi connectivity index (χ4v) is 2.65. The van der Waals surface area contributed by atoms with Crippen molar-refractivity contribution < 1.29 is 9.53 Å². The van der Waals surface area contributed by atoms with E-state index < -0.39 is 0 Å². The maximum absolute atomic E-state index is 12.9. The Morgan fingerprint density at radius 1 is 1.32 bits per heavy atom. The van der Waals surface area contributed by atoms with Gasteiger partial charge in [0.15, 0.2) is 5.96 Å². The van der Waals surface area contributed by atoms with Gasteiger partial charge in [-0.2, -0.15) is 0 Å². The molecule has 1 aliphatic heterocycles. The predicted molar refractivity (Wildman–Crippen MR) is 111 cm³/mol. The Hall–Kier alpha value is -1.35. The lowest BCUT2D eigenvalue weighted by Gasteiger charge is -2.30. The van der Waals surface area contributed by atoms with Gasteiger partial charge in [0.2, 0.25) is 5.91 Å². The third-order valence-corrected chi connectivity index (χ3v) is 4.10. The fraction of sp³-hybridized carbons (Fsp3) is 0.556. The number of amides is 1. The molecule has 1 aromatic carbocycles. The monoisotopic (exact) mass is 460 g/mol. The quantitative estimate of drug-likeness (QED) is 0.282. The van der Waals surface area contributed by atoms with Crippen LogP contribution >= 0.6 is 24.0 Å². The number of carbonyl (C=O) groups is 1. The van der Waals surface area contributed by atoms with Crippen molar-refractivity contribution in [3.8, 4) is 0 Å². The molecule has 0 aliphatic carbocycles. The van der Waals surface area contributed by atoms with E-state index in [-0.39, 0.29) is 35.8 Å². The standard InChI is InChI=1S/C18H28N4O2.HI/c1-2-3-9-20-18(19)21-14-16(15-7-5-4-6-8-15)17(23)22-10-12-24-13-11-22;/h4-8,16H,2-3,9-14H2,1H3,(H3,19,20,21);1H. The van der Waals surface area contributed by atoms with E-state index in [0.717, 1.165) is 24.9 Å². The van der Waals surface area contributed by atoms with Crippen LogP contribution in [0.1, 0.15) is 31.2 Å². The van der Waals surface area contributed by atoms with Crippen LogP contribution in [0.3, 0.4) is 0 Å². The van der Waals surface area contributed by atoms with Crippen molar-refractivity contribution in [3.05, 3.63) is 35.9 Å². The number of guanidine groups is 1. The maximum atomic E-state index is 12.9. The van der Waals surface area contributed by atoms with E-state index in [0.29, 0.717) is 38.8 Å². The van der Waals surface area contributed by atoms with Crippen LogP contribution in [0.15, 0.2) is 35.3 Å². The molecule has 0 saturated carbocycles. The van der Waals surface area contributed by atoms with Crippen molar-refractivity contribution in [1.29, 1.82) is 0 Å². The van der Waals surface area contributed by atoms with Gasteiger partial charge >= 0.3 is 0 Å². The number of ether oxygens (including phenoxy) is 1. The third-order valence-electron chi connectivity index (χ3n) is 4.10. The van der Waals surface area contributed by atoms with Crippen molar-refractivity contribution in [1.82, 2.24) is 10.2 Å². The Morgan fingerprint density at radius 3 is 2.64 bits per heavy atom. The number of rotatable bonds is 7. The number of aliphatic imine (C=N–C) groups is 1. The summed E-state index contributed by atoms with van der Waals surface area (Å²) in [5, 5.41) is 3.09. The smallest absolute Gasteiger partial charge is 0.232 e. The van der Waals surface area contributed by atoms with Gasteiger partial charge in [0.25, 0.3) is 0 Å². The lowest BCUT2D eigenvalue weighted by Crippen LogP contribution is -2.44. The van der Waals surface area contributed by atoms with E-state index in [4.69, 9.17) is 10.5 Å². The SMILES string of the molecule is CCCCNC(N)=NCC(C(=O)N1CCOCC1)c1ccccc1.I. The van der Waals surface area contributed by atoms with Gasteiger partial charge in [-0.15, -0.1) is 24.0 Å². The summed E-state index contributed by atoms with van der Waals surface area (Å²) in [6.45, 7) is 5.74. The zero-order valence-electron chi connectivity index (χ0n) is 14.8. The molecule has 7 heteroatoms. The van der Waals surface area contributed by atoms with Crippen LogP contribution in [-0.4, -0.2) is 56.2 Å². The highest BCUT2D eigenvalue weighted by molar-refractivity contribution is 14.0. The van der Waals surface area contributed by atoms with Gasteiger partial charge in [-0.3, -0.25) is 9.79 Å². The van der Waals surface area contributed by atoms with Crippen molar-refractivity contribution in [3.63, 3.8) is 0 Å². The summed E-state index contributed by atoms with van der Waals surface area (Å²) in [5.74, 6) is 0.185. The first kappa shape index (κ1) is 21.7. The van der Waals surface area contributed by atoms with E-state index in [2.05, 4.69) is 17.2 Å². The zero-order valence-corrected chi connectivity index (χ0v) is 17.1. The number of carbonyl (C=O) groups excluding carboxylic acids is 1. The summed E-state index contributed by atoms with van der Waals surface area (Å²) in [4.78, 5) is 19.2. The number of hydrogen-bond acceptors (Lipinski definition) is 3. The Labute approximate surface area is 167 Å². The topological polar surface area (TPSA) is 79.9 Å². The van der Waals surface area contributed by atoms with E-state index in [1.165, 1.54) is 0 Å². The molecule has 1 aliphatic rings. The molecule has 3 N–H and O–H groups in total.